The maximum Gasteiger partial charge on any atom is 0.131 e. The zero-order valence-corrected chi connectivity index (χ0v) is 12.0. The van der Waals surface area contributed by atoms with E-state index in [1.165, 1.54) is 11.5 Å². The summed E-state index contributed by atoms with van der Waals surface area (Å²) in [6.45, 7) is 7.31. The van der Waals surface area contributed by atoms with Crippen LogP contribution in [0.25, 0.3) is 0 Å². The summed E-state index contributed by atoms with van der Waals surface area (Å²) in [4.78, 5) is 5.63. The van der Waals surface area contributed by atoms with Crippen LogP contribution in [0.15, 0.2) is 12.4 Å². The van der Waals surface area contributed by atoms with Crippen molar-refractivity contribution in [3.8, 4) is 0 Å². The second kappa shape index (κ2) is 5.58. The first kappa shape index (κ1) is 13.2. The fourth-order valence-electron chi connectivity index (χ4n) is 2.03. The summed E-state index contributed by atoms with van der Waals surface area (Å²) in [5.41, 5.74) is 1.06. The minimum Gasteiger partial charge on any atom is -0.334 e. The highest BCUT2D eigenvalue weighted by atomic mass is 32.1. The first-order chi connectivity index (χ1) is 8.69. The van der Waals surface area contributed by atoms with E-state index in [1.54, 1.807) is 0 Å². The van der Waals surface area contributed by atoms with E-state index in [2.05, 4.69) is 45.2 Å². The van der Waals surface area contributed by atoms with E-state index in [0.29, 0.717) is 5.92 Å². The van der Waals surface area contributed by atoms with E-state index in [-0.39, 0.29) is 6.04 Å². The summed E-state index contributed by atoms with van der Waals surface area (Å²) in [6, 6.07) is 0.0670. The van der Waals surface area contributed by atoms with Gasteiger partial charge in [-0.2, -0.15) is 0 Å². The van der Waals surface area contributed by atoms with Gasteiger partial charge in [0.25, 0.3) is 0 Å². The van der Waals surface area contributed by atoms with Crippen LogP contribution in [0.5, 0.6) is 0 Å². The first-order valence-corrected chi connectivity index (χ1v) is 6.96. The van der Waals surface area contributed by atoms with E-state index < -0.39 is 0 Å². The monoisotopic (exact) mass is 265 g/mol. The molecule has 0 radical (unpaired) electrons. The molecule has 5 nitrogen and oxygen atoms in total. The van der Waals surface area contributed by atoms with Gasteiger partial charge in [0.2, 0.25) is 0 Å². The zero-order chi connectivity index (χ0) is 13.1. The fourth-order valence-corrected chi connectivity index (χ4v) is 2.95. The Morgan fingerprint density at radius 2 is 2.22 bits per heavy atom. The topological polar surface area (TPSA) is 55.6 Å². The largest absolute Gasteiger partial charge is 0.334 e. The molecular weight excluding hydrogens is 246 g/mol. The average Bonchev–Trinajstić information content (AvgIpc) is 2.98. The summed E-state index contributed by atoms with van der Waals surface area (Å²) in [6.07, 6.45) is 3.84. The van der Waals surface area contributed by atoms with Gasteiger partial charge in [-0.05, 0) is 31.4 Å². The molecule has 18 heavy (non-hydrogen) atoms. The number of rotatable bonds is 5. The minimum absolute atomic E-state index is 0.0670. The summed E-state index contributed by atoms with van der Waals surface area (Å²) in [7, 11) is 1.95. The SMILES string of the molecule is CCn1ccnc1C(NC)c1snnc1C(C)C. The van der Waals surface area contributed by atoms with Crippen molar-refractivity contribution in [1.29, 1.82) is 0 Å². The van der Waals surface area contributed by atoms with Crippen molar-refractivity contribution in [1.82, 2.24) is 24.5 Å². The van der Waals surface area contributed by atoms with Gasteiger partial charge in [-0.25, -0.2) is 4.98 Å². The molecule has 98 valence electrons. The molecule has 1 N–H and O–H groups in total. The Labute approximate surface area is 111 Å². The van der Waals surface area contributed by atoms with Gasteiger partial charge in [-0.15, -0.1) is 5.10 Å². The molecule has 0 saturated carbocycles. The molecule has 0 spiro atoms. The smallest absolute Gasteiger partial charge is 0.131 e. The van der Waals surface area contributed by atoms with Crippen LogP contribution in [-0.2, 0) is 6.54 Å². The Morgan fingerprint density at radius 3 is 2.83 bits per heavy atom. The highest BCUT2D eigenvalue weighted by Crippen LogP contribution is 2.29. The predicted octanol–water partition coefficient (Wildman–Crippen LogP) is 2.19. The predicted molar refractivity (Wildman–Crippen MR) is 72.8 cm³/mol. The van der Waals surface area contributed by atoms with Crippen LogP contribution < -0.4 is 5.32 Å². The lowest BCUT2D eigenvalue weighted by Gasteiger charge is -2.17. The lowest BCUT2D eigenvalue weighted by atomic mass is 10.1. The van der Waals surface area contributed by atoms with Gasteiger partial charge in [-0.3, -0.25) is 0 Å². The molecule has 1 unspecified atom stereocenters. The molecule has 1 atom stereocenters. The second-order valence-electron chi connectivity index (χ2n) is 4.47. The highest BCUT2D eigenvalue weighted by Gasteiger charge is 2.24. The molecule has 2 aromatic heterocycles. The molecule has 0 aliphatic rings. The lowest BCUT2D eigenvalue weighted by molar-refractivity contribution is 0.588. The fraction of sp³-hybridized carbons (Fsp3) is 0.583. The minimum atomic E-state index is 0.0670. The van der Waals surface area contributed by atoms with Crippen molar-refractivity contribution in [2.24, 2.45) is 0 Å². The van der Waals surface area contributed by atoms with Gasteiger partial charge in [-0.1, -0.05) is 18.3 Å². The zero-order valence-electron chi connectivity index (χ0n) is 11.2. The molecule has 0 bridgehead atoms. The van der Waals surface area contributed by atoms with Crippen LogP contribution in [0.1, 0.15) is 49.1 Å². The molecule has 0 aromatic carbocycles. The highest BCUT2D eigenvalue weighted by molar-refractivity contribution is 7.05. The number of aryl methyl sites for hydroxylation is 1. The van der Waals surface area contributed by atoms with Gasteiger partial charge in [0.05, 0.1) is 10.6 Å². The number of hydrogen-bond acceptors (Lipinski definition) is 5. The maximum atomic E-state index is 4.47. The van der Waals surface area contributed by atoms with Crippen LogP contribution in [0.3, 0.4) is 0 Å². The summed E-state index contributed by atoms with van der Waals surface area (Å²) in [5, 5.41) is 7.57. The number of hydrogen-bond donors (Lipinski definition) is 1. The molecule has 0 fully saturated rings. The molecule has 2 aromatic rings. The van der Waals surface area contributed by atoms with Gasteiger partial charge in [0, 0.05) is 18.9 Å². The molecule has 0 aliphatic carbocycles. The molecule has 0 saturated heterocycles. The van der Waals surface area contributed by atoms with Crippen molar-refractivity contribution < 1.29 is 0 Å². The van der Waals surface area contributed by atoms with Gasteiger partial charge < -0.3 is 9.88 Å². The van der Waals surface area contributed by atoms with E-state index in [1.807, 2.05) is 19.4 Å². The lowest BCUT2D eigenvalue weighted by Crippen LogP contribution is -2.22. The van der Waals surface area contributed by atoms with Gasteiger partial charge in [0.1, 0.15) is 11.9 Å². The number of aromatic nitrogens is 4. The van der Waals surface area contributed by atoms with Crippen molar-refractivity contribution in [2.75, 3.05) is 7.05 Å². The van der Waals surface area contributed by atoms with Crippen LogP contribution in [-0.4, -0.2) is 26.2 Å². The van der Waals surface area contributed by atoms with E-state index in [4.69, 9.17) is 0 Å². The van der Waals surface area contributed by atoms with E-state index >= 15 is 0 Å². The standard InChI is InChI=1S/C12H19N5S/c1-5-17-7-6-14-12(17)10(13-4)11-9(8(2)3)15-16-18-11/h6-8,10,13H,5H2,1-4H3. The molecular formula is C12H19N5S. The van der Waals surface area contributed by atoms with Gasteiger partial charge >= 0.3 is 0 Å². The molecule has 2 rings (SSSR count). The Morgan fingerprint density at radius 1 is 1.44 bits per heavy atom. The summed E-state index contributed by atoms with van der Waals surface area (Å²) >= 11 is 1.45. The number of nitrogens with one attached hydrogen (secondary N) is 1. The Balaban J connectivity index is 2.42. The van der Waals surface area contributed by atoms with Crippen molar-refractivity contribution in [3.05, 3.63) is 28.8 Å². The quantitative estimate of drug-likeness (QED) is 0.900. The molecule has 6 heteroatoms. The Kier molecular flexibility index (Phi) is 4.08. The summed E-state index contributed by atoms with van der Waals surface area (Å²) < 4.78 is 6.24. The van der Waals surface area contributed by atoms with Crippen molar-refractivity contribution in [3.63, 3.8) is 0 Å². The third-order valence-electron chi connectivity index (χ3n) is 2.98. The summed E-state index contributed by atoms with van der Waals surface area (Å²) in [5.74, 6) is 1.40. The third kappa shape index (κ3) is 2.30. The van der Waals surface area contributed by atoms with E-state index in [0.717, 1.165) is 22.9 Å². The van der Waals surface area contributed by atoms with Crippen LogP contribution in [0.4, 0.5) is 0 Å². The van der Waals surface area contributed by atoms with E-state index in [9.17, 15) is 0 Å². The number of imidazole rings is 1. The molecule has 2 heterocycles. The Bertz CT molecular complexity index is 502. The number of nitrogens with zero attached hydrogens (tertiary/aromatic N) is 4. The average molecular weight is 265 g/mol. The second-order valence-corrected chi connectivity index (χ2v) is 5.26. The van der Waals surface area contributed by atoms with Crippen molar-refractivity contribution in [2.45, 2.75) is 39.3 Å². The maximum absolute atomic E-state index is 4.47. The van der Waals surface area contributed by atoms with Gasteiger partial charge in [0.15, 0.2) is 0 Å². The van der Waals surface area contributed by atoms with Crippen LogP contribution in [0, 0.1) is 0 Å². The normalized spacial score (nSPS) is 13.2. The molecule has 0 amide bonds. The van der Waals surface area contributed by atoms with Crippen LogP contribution >= 0.6 is 11.5 Å². The molecule has 0 aliphatic heterocycles. The first-order valence-electron chi connectivity index (χ1n) is 6.19. The Hall–Kier alpha value is -1.27. The third-order valence-corrected chi connectivity index (χ3v) is 3.79. The van der Waals surface area contributed by atoms with Crippen LogP contribution in [0.2, 0.25) is 0 Å². The van der Waals surface area contributed by atoms with Crippen molar-refractivity contribution >= 4 is 11.5 Å².